The maximum atomic E-state index is 10.3. The zero-order valence-electron chi connectivity index (χ0n) is 18.5. The number of ether oxygens (including phenoxy) is 3. The second-order valence-electron chi connectivity index (χ2n) is 5.34. The van der Waals surface area contributed by atoms with Crippen LogP contribution in [0.2, 0.25) is 0 Å². The molecule has 0 aliphatic carbocycles. The van der Waals surface area contributed by atoms with Crippen LogP contribution in [-0.4, -0.2) is 38.7 Å². The fourth-order valence-electron chi connectivity index (χ4n) is 1.22. The van der Waals surface area contributed by atoms with Crippen molar-refractivity contribution in [3.05, 3.63) is 79.9 Å². The molecule has 166 valence electrons. The molecule has 0 aliphatic heterocycles. The third-order valence-electron chi connectivity index (χ3n) is 2.85. The number of hydrogen-bond donors (Lipinski definition) is 0. The van der Waals surface area contributed by atoms with E-state index in [-0.39, 0.29) is 11.9 Å². The molecule has 0 fully saturated rings. The molecule has 0 bridgehead atoms. The van der Waals surface area contributed by atoms with Crippen LogP contribution in [0.1, 0.15) is 32.3 Å². The molecule has 0 atom stereocenters. The van der Waals surface area contributed by atoms with Gasteiger partial charge in [-0.05, 0) is 18.9 Å². The lowest BCUT2D eigenvalue weighted by atomic mass is 10.2. The Hall–Kier alpha value is -3.41. The Labute approximate surface area is 180 Å². The van der Waals surface area contributed by atoms with Gasteiger partial charge >= 0.3 is 17.9 Å². The van der Waals surface area contributed by atoms with E-state index in [1.807, 2.05) is 43.3 Å². The molecule has 0 aliphatic rings. The molecular formula is C24H34O6. The summed E-state index contributed by atoms with van der Waals surface area (Å²) in [5.74, 6) is -1.07. The summed E-state index contributed by atoms with van der Waals surface area (Å²) in [6, 6.07) is 10.0. The topological polar surface area (TPSA) is 78.9 Å². The van der Waals surface area contributed by atoms with Crippen molar-refractivity contribution in [1.82, 2.24) is 0 Å². The van der Waals surface area contributed by atoms with Crippen LogP contribution in [0.15, 0.2) is 74.4 Å². The van der Waals surface area contributed by atoms with E-state index < -0.39 is 5.97 Å². The summed E-state index contributed by atoms with van der Waals surface area (Å²) in [6.07, 6.45) is 6.10. The SMILES string of the molecule is C=C(C)C(=O)OC.C=CC(=O)OC.C=CC(=O)OCCCC.C=Cc1ccccc1. The maximum absolute atomic E-state index is 10.3. The van der Waals surface area contributed by atoms with Crippen LogP contribution in [0.25, 0.3) is 6.08 Å². The van der Waals surface area contributed by atoms with E-state index in [9.17, 15) is 14.4 Å². The highest BCUT2D eigenvalue weighted by molar-refractivity contribution is 5.86. The van der Waals surface area contributed by atoms with Crippen LogP contribution in [-0.2, 0) is 28.6 Å². The predicted molar refractivity (Wildman–Crippen MR) is 122 cm³/mol. The quantitative estimate of drug-likeness (QED) is 0.270. The first-order valence-electron chi connectivity index (χ1n) is 9.14. The minimum Gasteiger partial charge on any atom is -0.466 e. The van der Waals surface area contributed by atoms with Crippen LogP contribution < -0.4 is 0 Å². The molecule has 0 heterocycles. The fourth-order valence-corrected chi connectivity index (χ4v) is 1.22. The molecule has 0 spiro atoms. The van der Waals surface area contributed by atoms with Gasteiger partial charge in [0, 0.05) is 17.7 Å². The molecule has 0 radical (unpaired) electrons. The fraction of sp³-hybridized carbons (Fsp3) is 0.292. The van der Waals surface area contributed by atoms with E-state index >= 15 is 0 Å². The van der Waals surface area contributed by atoms with E-state index in [4.69, 9.17) is 0 Å². The van der Waals surface area contributed by atoms with Crippen molar-refractivity contribution in [3.63, 3.8) is 0 Å². The van der Waals surface area contributed by atoms with Gasteiger partial charge in [-0.25, -0.2) is 14.4 Å². The number of hydrogen-bond acceptors (Lipinski definition) is 6. The van der Waals surface area contributed by atoms with E-state index in [1.165, 1.54) is 25.9 Å². The van der Waals surface area contributed by atoms with E-state index in [2.05, 4.69) is 40.5 Å². The molecule has 6 heteroatoms. The first-order valence-corrected chi connectivity index (χ1v) is 9.14. The largest absolute Gasteiger partial charge is 0.466 e. The number of benzene rings is 1. The Morgan fingerprint density at radius 2 is 1.47 bits per heavy atom. The molecule has 1 aromatic carbocycles. The number of carbonyl (C=O) groups excluding carboxylic acids is 3. The van der Waals surface area contributed by atoms with Crippen LogP contribution in [0.3, 0.4) is 0 Å². The lowest BCUT2D eigenvalue weighted by Gasteiger charge is -1.97. The van der Waals surface area contributed by atoms with Gasteiger partial charge < -0.3 is 14.2 Å². The van der Waals surface area contributed by atoms with Gasteiger partial charge in [-0.1, -0.05) is 76.1 Å². The first-order chi connectivity index (χ1) is 14.2. The van der Waals surface area contributed by atoms with Crippen molar-refractivity contribution >= 4 is 24.0 Å². The van der Waals surface area contributed by atoms with Gasteiger partial charge in [0.1, 0.15) is 0 Å². The molecule has 1 aromatic rings. The third kappa shape index (κ3) is 24.6. The highest BCUT2D eigenvalue weighted by Crippen LogP contribution is 1.97. The highest BCUT2D eigenvalue weighted by atomic mass is 16.5. The van der Waals surface area contributed by atoms with Crippen LogP contribution in [0.4, 0.5) is 0 Å². The van der Waals surface area contributed by atoms with Gasteiger partial charge in [-0.3, -0.25) is 0 Å². The molecule has 6 nitrogen and oxygen atoms in total. The van der Waals surface area contributed by atoms with Gasteiger partial charge in [-0.2, -0.15) is 0 Å². The molecule has 0 N–H and O–H groups in total. The number of rotatable bonds is 7. The summed E-state index contributed by atoms with van der Waals surface area (Å²) < 4.78 is 13.1. The Kier molecular flexibility index (Phi) is 24.6. The van der Waals surface area contributed by atoms with Crippen molar-refractivity contribution in [2.75, 3.05) is 20.8 Å². The maximum Gasteiger partial charge on any atom is 0.332 e. The van der Waals surface area contributed by atoms with Gasteiger partial charge in [0.15, 0.2) is 0 Å². The second kappa shape index (κ2) is 23.6. The minimum atomic E-state index is -0.394. The van der Waals surface area contributed by atoms with Gasteiger partial charge in [0.25, 0.3) is 0 Å². The smallest absolute Gasteiger partial charge is 0.332 e. The van der Waals surface area contributed by atoms with E-state index in [1.54, 1.807) is 6.92 Å². The lowest BCUT2D eigenvalue weighted by Crippen LogP contribution is -2.00. The molecule has 1 rings (SSSR count). The Morgan fingerprint density at radius 3 is 1.70 bits per heavy atom. The normalized spacial score (nSPS) is 8.00. The van der Waals surface area contributed by atoms with Gasteiger partial charge in [-0.15, -0.1) is 0 Å². The Morgan fingerprint density at radius 1 is 0.933 bits per heavy atom. The minimum absolute atomic E-state index is 0.330. The molecule has 0 unspecified atom stereocenters. The highest BCUT2D eigenvalue weighted by Gasteiger charge is 1.95. The average molecular weight is 419 g/mol. The van der Waals surface area contributed by atoms with Crippen LogP contribution in [0.5, 0.6) is 0 Å². The standard InChI is InChI=1S/C8H8.C7H12O2.C5H8O2.C4H6O2/c1-2-8-6-4-3-5-7-8;1-3-5-6-9-7(8)4-2;1-4(2)5(6)7-3;1-3-4(5)6-2/h2-7H,1H2;4H,2-3,5-6H2,1H3;1H2,2-3H3;3H,1H2,2H3. The van der Waals surface area contributed by atoms with E-state index in [0.29, 0.717) is 12.2 Å². The van der Waals surface area contributed by atoms with E-state index in [0.717, 1.165) is 18.9 Å². The zero-order chi connectivity index (χ0) is 23.8. The Bertz CT molecular complexity index is 647. The number of methoxy groups -OCH3 is 2. The third-order valence-corrected chi connectivity index (χ3v) is 2.85. The second-order valence-corrected chi connectivity index (χ2v) is 5.34. The summed E-state index contributed by atoms with van der Waals surface area (Å²) in [6.45, 7) is 17.6. The first kappa shape index (κ1) is 31.3. The number of esters is 3. The summed E-state index contributed by atoms with van der Waals surface area (Å²) in [5, 5.41) is 0. The monoisotopic (exact) mass is 418 g/mol. The van der Waals surface area contributed by atoms with Crippen molar-refractivity contribution in [2.24, 2.45) is 0 Å². The summed E-state index contributed by atoms with van der Waals surface area (Å²) >= 11 is 0. The van der Waals surface area contributed by atoms with Gasteiger partial charge in [0.05, 0.1) is 20.8 Å². The molecule has 0 aromatic heterocycles. The Balaban J connectivity index is -0.000000328. The van der Waals surface area contributed by atoms with Crippen molar-refractivity contribution in [1.29, 1.82) is 0 Å². The van der Waals surface area contributed by atoms with Gasteiger partial charge in [0.2, 0.25) is 0 Å². The van der Waals surface area contributed by atoms with Crippen molar-refractivity contribution in [2.45, 2.75) is 26.7 Å². The molecule has 0 saturated heterocycles. The molecule has 0 saturated carbocycles. The lowest BCUT2D eigenvalue weighted by molar-refractivity contribution is -0.138. The number of unbranched alkanes of at least 4 members (excludes halogenated alkanes) is 1. The number of carbonyl (C=O) groups is 3. The zero-order valence-corrected chi connectivity index (χ0v) is 18.5. The molecule has 0 amide bonds. The summed E-state index contributed by atoms with van der Waals surface area (Å²) in [4.78, 5) is 30.4. The average Bonchev–Trinajstić information content (AvgIpc) is 2.79. The van der Waals surface area contributed by atoms with Crippen molar-refractivity contribution < 1.29 is 28.6 Å². The molecule has 30 heavy (non-hydrogen) atoms. The summed E-state index contributed by atoms with van der Waals surface area (Å²) in [5.41, 5.74) is 1.61. The predicted octanol–water partition coefficient (Wildman–Crippen LogP) is 4.93. The summed E-state index contributed by atoms with van der Waals surface area (Å²) in [7, 11) is 2.64. The van der Waals surface area contributed by atoms with Crippen LogP contribution in [0, 0.1) is 0 Å². The van der Waals surface area contributed by atoms with Crippen molar-refractivity contribution in [3.8, 4) is 0 Å². The van der Waals surface area contributed by atoms with Crippen LogP contribution >= 0.6 is 0 Å². The molecular weight excluding hydrogens is 384 g/mol.